The molecule has 0 aromatic heterocycles. The fraction of sp³-hybridized carbons (Fsp3) is 0.222. The molecule has 0 saturated heterocycles. The lowest BCUT2D eigenvalue weighted by Crippen LogP contribution is -2.35. The summed E-state index contributed by atoms with van der Waals surface area (Å²) in [5.74, 6) is 0.278. The van der Waals surface area contributed by atoms with Crippen molar-refractivity contribution in [3.05, 3.63) is 63.2 Å². The molecule has 3 N–H and O–H groups in total. The Morgan fingerprint density at radius 3 is 2.62 bits per heavy atom. The predicted molar refractivity (Wildman–Crippen MR) is 102 cm³/mol. The maximum atomic E-state index is 10.8. The van der Waals surface area contributed by atoms with Crippen LogP contribution in [-0.2, 0) is 0 Å². The Balaban J connectivity index is 2.07. The number of nitrogens with two attached hydrogens (primary N) is 1. The molecule has 0 atom stereocenters. The van der Waals surface area contributed by atoms with Gasteiger partial charge in [-0.05, 0) is 49.2 Å². The van der Waals surface area contributed by atoms with Crippen LogP contribution in [0.5, 0.6) is 0 Å². The van der Waals surface area contributed by atoms with Crippen molar-refractivity contribution in [2.24, 2.45) is 10.7 Å². The van der Waals surface area contributed by atoms with Crippen LogP contribution in [0.1, 0.15) is 16.7 Å². The molecular weight excluding hydrogens is 332 g/mol. The Kier molecular flexibility index (Phi) is 5.75. The summed E-state index contributed by atoms with van der Waals surface area (Å²) in [5, 5.41) is 22.9. The Labute approximate surface area is 151 Å². The van der Waals surface area contributed by atoms with Crippen molar-refractivity contribution in [1.82, 2.24) is 0 Å². The molecule has 0 heterocycles. The maximum absolute atomic E-state index is 10.8. The molecule has 26 heavy (non-hydrogen) atoms. The minimum absolute atomic E-state index is 0.0353. The van der Waals surface area contributed by atoms with E-state index in [9.17, 15) is 10.1 Å². The topological polar surface area (TPSA) is 121 Å². The van der Waals surface area contributed by atoms with Gasteiger partial charge >= 0.3 is 0 Å². The van der Waals surface area contributed by atoms with Crippen molar-refractivity contribution in [2.45, 2.75) is 13.8 Å². The smallest absolute Gasteiger partial charge is 0.269 e. The Morgan fingerprint density at radius 2 is 2.04 bits per heavy atom. The number of nitro groups is 1. The number of non-ortho nitro benzene ring substituents is 1. The summed E-state index contributed by atoms with van der Waals surface area (Å²) < 4.78 is 0. The maximum Gasteiger partial charge on any atom is 0.269 e. The number of rotatable bonds is 5. The van der Waals surface area contributed by atoms with E-state index in [-0.39, 0.29) is 18.3 Å². The minimum Gasteiger partial charge on any atom is -0.369 e. The Morgan fingerprint density at radius 1 is 1.31 bits per heavy atom. The van der Waals surface area contributed by atoms with Crippen molar-refractivity contribution in [3.63, 3.8) is 0 Å². The molecule has 0 unspecified atom stereocenters. The van der Waals surface area contributed by atoms with Gasteiger partial charge in [0.15, 0.2) is 5.96 Å². The molecule has 0 aliphatic heterocycles. The molecule has 2 aromatic rings. The average molecular weight is 352 g/mol. The lowest BCUT2D eigenvalue weighted by atomic mass is 10.1. The zero-order chi connectivity index (χ0) is 19.3. The van der Waals surface area contributed by atoms with E-state index < -0.39 is 4.92 Å². The van der Waals surface area contributed by atoms with Crippen LogP contribution in [0.4, 0.5) is 17.1 Å². The predicted octanol–water partition coefficient (Wildman–Crippen LogP) is 2.90. The van der Waals surface area contributed by atoms with Gasteiger partial charge < -0.3 is 16.0 Å². The first kappa shape index (κ1) is 18.7. The quantitative estimate of drug-likeness (QED) is 0.369. The summed E-state index contributed by atoms with van der Waals surface area (Å²) in [4.78, 5) is 16.4. The highest BCUT2D eigenvalue weighted by molar-refractivity contribution is 5.95. The van der Waals surface area contributed by atoms with Crippen LogP contribution in [0, 0.1) is 35.3 Å². The third-order valence-corrected chi connectivity index (χ3v) is 3.96. The second-order valence-corrected chi connectivity index (χ2v) is 5.78. The van der Waals surface area contributed by atoms with Crippen molar-refractivity contribution >= 4 is 23.0 Å². The number of benzene rings is 2. The lowest BCUT2D eigenvalue weighted by Gasteiger charge is -2.20. The van der Waals surface area contributed by atoms with Gasteiger partial charge in [-0.25, -0.2) is 4.99 Å². The zero-order valence-corrected chi connectivity index (χ0v) is 14.9. The summed E-state index contributed by atoms with van der Waals surface area (Å²) in [5.41, 5.74) is 9.95. The molecule has 8 nitrogen and oxygen atoms in total. The number of aliphatic imine (C=N–C) groups is 1. The highest BCUT2D eigenvalue weighted by Gasteiger charge is 2.12. The number of nitro benzene ring substituents is 1. The largest absolute Gasteiger partial charge is 0.369 e. The first-order valence-electron chi connectivity index (χ1n) is 7.86. The molecule has 0 aliphatic carbocycles. The zero-order valence-electron chi connectivity index (χ0n) is 14.9. The fourth-order valence-corrected chi connectivity index (χ4v) is 2.50. The van der Waals surface area contributed by atoms with Crippen LogP contribution in [0.3, 0.4) is 0 Å². The highest BCUT2D eigenvalue weighted by atomic mass is 16.6. The monoisotopic (exact) mass is 352 g/mol. The van der Waals surface area contributed by atoms with E-state index in [1.165, 1.54) is 12.1 Å². The molecule has 0 saturated carbocycles. The summed E-state index contributed by atoms with van der Waals surface area (Å²) >= 11 is 0. The van der Waals surface area contributed by atoms with Crippen LogP contribution in [-0.4, -0.2) is 24.6 Å². The number of anilines is 2. The first-order chi connectivity index (χ1) is 12.3. The Hall–Kier alpha value is -3.60. The molecule has 0 amide bonds. The van der Waals surface area contributed by atoms with Gasteiger partial charge in [0.1, 0.15) is 6.67 Å². The molecule has 2 rings (SSSR count). The second kappa shape index (κ2) is 7.98. The van der Waals surface area contributed by atoms with Crippen molar-refractivity contribution in [1.29, 1.82) is 5.26 Å². The second-order valence-electron chi connectivity index (χ2n) is 5.78. The molecule has 0 fully saturated rings. The number of nitrogens with one attached hydrogen (secondary N) is 1. The number of nitrogens with zero attached hydrogens (tertiary/aromatic N) is 4. The van der Waals surface area contributed by atoms with E-state index in [2.05, 4.69) is 16.4 Å². The normalized spacial score (nSPS) is 10.9. The lowest BCUT2D eigenvalue weighted by molar-refractivity contribution is -0.384. The van der Waals surface area contributed by atoms with E-state index in [4.69, 9.17) is 11.0 Å². The van der Waals surface area contributed by atoms with E-state index in [1.807, 2.05) is 13.0 Å². The Bertz CT molecular complexity index is 901. The van der Waals surface area contributed by atoms with Crippen molar-refractivity contribution < 1.29 is 4.92 Å². The van der Waals surface area contributed by atoms with Gasteiger partial charge in [-0.1, -0.05) is 0 Å². The van der Waals surface area contributed by atoms with Crippen LogP contribution in [0.25, 0.3) is 0 Å². The van der Waals surface area contributed by atoms with Gasteiger partial charge in [-0.15, -0.1) is 0 Å². The molecule has 0 bridgehead atoms. The third kappa shape index (κ3) is 4.27. The minimum atomic E-state index is -0.432. The van der Waals surface area contributed by atoms with Gasteiger partial charge in [0.2, 0.25) is 0 Å². The van der Waals surface area contributed by atoms with E-state index >= 15 is 0 Å². The average Bonchev–Trinajstić information content (AvgIpc) is 2.62. The third-order valence-electron chi connectivity index (χ3n) is 3.96. The van der Waals surface area contributed by atoms with Gasteiger partial charge in [-0.2, -0.15) is 5.26 Å². The number of guanidine groups is 1. The summed E-state index contributed by atoms with van der Waals surface area (Å²) in [6.45, 7) is 3.95. The number of hydrogen-bond donors (Lipinski definition) is 2. The first-order valence-corrected chi connectivity index (χ1v) is 7.86. The SMILES string of the molecule is Cc1cc(C#N)ccc1NCN=C(N)N(C)c1ccc([N+](=O)[O-])cc1C. The van der Waals surface area contributed by atoms with Gasteiger partial charge in [0.05, 0.1) is 16.6 Å². The highest BCUT2D eigenvalue weighted by Crippen LogP contribution is 2.23. The molecule has 0 radical (unpaired) electrons. The van der Waals surface area contributed by atoms with Crippen LogP contribution in [0.15, 0.2) is 41.4 Å². The number of hydrogen-bond acceptors (Lipinski definition) is 5. The van der Waals surface area contributed by atoms with E-state index in [0.717, 1.165) is 22.5 Å². The van der Waals surface area contributed by atoms with Crippen molar-refractivity contribution in [2.75, 3.05) is 23.9 Å². The van der Waals surface area contributed by atoms with E-state index in [0.29, 0.717) is 5.56 Å². The van der Waals surface area contributed by atoms with E-state index in [1.54, 1.807) is 37.1 Å². The van der Waals surface area contributed by atoms with Gasteiger partial charge in [0, 0.05) is 30.6 Å². The van der Waals surface area contributed by atoms with Crippen LogP contribution >= 0.6 is 0 Å². The molecule has 134 valence electrons. The summed E-state index contributed by atoms with van der Waals surface area (Å²) in [7, 11) is 1.75. The van der Waals surface area contributed by atoms with Gasteiger partial charge in [0.25, 0.3) is 5.69 Å². The number of nitriles is 1. The fourth-order valence-electron chi connectivity index (χ4n) is 2.50. The standard InChI is InChI=1S/C18H20N6O2/c1-12-8-14(10-19)4-6-16(12)21-11-22-18(20)23(3)17-7-5-15(24(25)26)9-13(17)2/h4-9,21H,11H2,1-3H3,(H2,20,22). The molecule has 0 aliphatic rings. The molecule has 0 spiro atoms. The van der Waals surface area contributed by atoms with Gasteiger partial charge in [-0.3, -0.25) is 10.1 Å². The molecular formula is C18H20N6O2. The number of aryl methyl sites for hydroxylation is 2. The van der Waals surface area contributed by atoms with Crippen LogP contribution < -0.4 is 16.0 Å². The molecule has 8 heteroatoms. The summed E-state index contributed by atoms with van der Waals surface area (Å²) in [6, 6.07) is 12.0. The molecule has 2 aromatic carbocycles. The summed E-state index contributed by atoms with van der Waals surface area (Å²) in [6.07, 6.45) is 0. The van der Waals surface area contributed by atoms with Crippen LogP contribution in [0.2, 0.25) is 0 Å². The van der Waals surface area contributed by atoms with Crippen molar-refractivity contribution in [3.8, 4) is 6.07 Å².